The zero-order chi connectivity index (χ0) is 26.2. The van der Waals surface area contributed by atoms with Crippen molar-refractivity contribution in [2.75, 3.05) is 37.6 Å². The minimum atomic E-state index is -0.499. The molecule has 0 aliphatic carbocycles. The summed E-state index contributed by atoms with van der Waals surface area (Å²) in [6.07, 6.45) is 3.59. The Labute approximate surface area is 216 Å². The second-order valence-corrected chi connectivity index (χ2v) is 10.7. The van der Waals surface area contributed by atoms with Crippen molar-refractivity contribution in [3.05, 3.63) is 36.8 Å². The van der Waals surface area contributed by atoms with Crippen LogP contribution in [0, 0.1) is 5.92 Å². The molecule has 2 N–H and O–H groups in total. The van der Waals surface area contributed by atoms with Crippen molar-refractivity contribution in [3.8, 4) is 16.9 Å². The molecule has 3 aromatic rings. The normalized spacial score (nSPS) is 19.1. The van der Waals surface area contributed by atoms with Crippen LogP contribution < -0.4 is 15.0 Å². The van der Waals surface area contributed by atoms with Crippen LogP contribution in [0.4, 0.5) is 10.6 Å². The largest absolute Gasteiger partial charge is 0.488 e. The van der Waals surface area contributed by atoms with Gasteiger partial charge in [0.15, 0.2) is 0 Å². The van der Waals surface area contributed by atoms with Gasteiger partial charge in [-0.15, -0.1) is 0 Å². The lowest BCUT2D eigenvalue weighted by Gasteiger charge is -2.36. The van der Waals surface area contributed by atoms with E-state index in [1.807, 2.05) is 58.2 Å². The van der Waals surface area contributed by atoms with E-state index in [0.717, 1.165) is 28.0 Å². The van der Waals surface area contributed by atoms with Gasteiger partial charge < -0.3 is 29.6 Å². The topological polar surface area (TPSA) is 113 Å². The molecule has 10 heteroatoms. The quantitative estimate of drug-likeness (QED) is 0.544. The predicted octanol–water partition coefficient (Wildman–Crippen LogP) is 3.59. The van der Waals surface area contributed by atoms with Crippen LogP contribution >= 0.6 is 0 Å². The first-order valence-electron chi connectivity index (χ1n) is 12.8. The minimum absolute atomic E-state index is 0.0662. The van der Waals surface area contributed by atoms with Crippen LogP contribution in [0.25, 0.3) is 22.2 Å². The number of aromatic amines is 1. The Balaban J connectivity index is 1.28. The molecule has 0 unspecified atom stereocenters. The van der Waals surface area contributed by atoms with E-state index in [9.17, 15) is 9.59 Å². The van der Waals surface area contributed by atoms with Gasteiger partial charge in [-0.25, -0.2) is 14.8 Å². The van der Waals surface area contributed by atoms with Crippen molar-refractivity contribution < 1.29 is 19.1 Å². The number of benzene rings is 1. The van der Waals surface area contributed by atoms with E-state index in [4.69, 9.17) is 14.5 Å². The maximum absolute atomic E-state index is 12.3. The molecule has 196 valence electrons. The maximum atomic E-state index is 12.3. The van der Waals surface area contributed by atoms with Crippen LogP contribution in [0.5, 0.6) is 5.75 Å². The summed E-state index contributed by atoms with van der Waals surface area (Å²) >= 11 is 0. The highest BCUT2D eigenvalue weighted by Crippen LogP contribution is 2.33. The van der Waals surface area contributed by atoms with E-state index in [1.54, 1.807) is 11.2 Å². The molecule has 1 aromatic carbocycles. The van der Waals surface area contributed by atoms with Crippen LogP contribution in [0.3, 0.4) is 0 Å². The van der Waals surface area contributed by atoms with Crippen LogP contribution in [0.1, 0.15) is 34.1 Å². The predicted molar refractivity (Wildman–Crippen MR) is 141 cm³/mol. The Morgan fingerprint density at radius 1 is 1.11 bits per heavy atom. The third-order valence-corrected chi connectivity index (χ3v) is 6.81. The summed E-state index contributed by atoms with van der Waals surface area (Å²) in [7, 11) is 0. The summed E-state index contributed by atoms with van der Waals surface area (Å²) in [5.74, 6) is 1.75. The van der Waals surface area contributed by atoms with E-state index >= 15 is 0 Å². The summed E-state index contributed by atoms with van der Waals surface area (Å²) in [5, 5.41) is 2.88. The Bertz CT molecular complexity index is 1270. The molecule has 2 aliphatic rings. The summed E-state index contributed by atoms with van der Waals surface area (Å²) < 4.78 is 11.8. The Morgan fingerprint density at radius 2 is 1.89 bits per heavy atom. The summed E-state index contributed by atoms with van der Waals surface area (Å²) in [6, 6.07) is 8.08. The first kappa shape index (κ1) is 24.9. The fraction of sp³-hybridized carbons (Fsp3) is 0.481. The number of imidazole rings is 1. The van der Waals surface area contributed by atoms with Crippen LogP contribution in [-0.4, -0.2) is 76.3 Å². The van der Waals surface area contributed by atoms with Crippen molar-refractivity contribution in [1.29, 1.82) is 0 Å². The zero-order valence-corrected chi connectivity index (χ0v) is 21.8. The van der Waals surface area contributed by atoms with E-state index < -0.39 is 5.60 Å². The third kappa shape index (κ3) is 5.63. The number of rotatable bonds is 5. The average Bonchev–Trinajstić information content (AvgIpc) is 3.52. The number of pyridine rings is 1. The summed E-state index contributed by atoms with van der Waals surface area (Å²) in [6.45, 7) is 10.8. The molecule has 2 fully saturated rings. The molecule has 2 atom stereocenters. The lowest BCUT2D eigenvalue weighted by Crippen LogP contribution is -2.50. The van der Waals surface area contributed by atoms with Crippen molar-refractivity contribution in [2.45, 2.75) is 45.8 Å². The van der Waals surface area contributed by atoms with E-state index in [1.165, 1.54) is 0 Å². The van der Waals surface area contributed by atoms with E-state index in [-0.39, 0.29) is 24.0 Å². The van der Waals surface area contributed by atoms with Crippen molar-refractivity contribution in [2.24, 2.45) is 5.92 Å². The van der Waals surface area contributed by atoms with Gasteiger partial charge in [0.1, 0.15) is 28.8 Å². The molecule has 0 bridgehead atoms. The monoisotopic (exact) mass is 506 g/mol. The Hall–Kier alpha value is -3.82. The highest BCUT2D eigenvalue weighted by atomic mass is 16.6. The molecule has 0 saturated carbocycles. The molecule has 37 heavy (non-hydrogen) atoms. The van der Waals surface area contributed by atoms with Gasteiger partial charge in [-0.2, -0.15) is 0 Å². The maximum Gasteiger partial charge on any atom is 0.410 e. The molecule has 0 radical (unpaired) electrons. The second kappa shape index (κ2) is 9.91. The van der Waals surface area contributed by atoms with Gasteiger partial charge in [0.2, 0.25) is 5.91 Å². The standard InChI is InChI=1S/C27H34N6O4/c1-17(20-13-24(34)29-15-20)36-22-12-19(11-21-25(22)31-16-30-21)18-5-6-23(28-14-18)32-7-9-33(10-8-32)26(35)37-27(2,3)4/h5-6,11-12,14,16-17,20H,7-10,13,15H2,1-4H3,(H,29,34)(H,30,31)/t17-,20-/m1/s1. The number of anilines is 1. The number of hydrogen-bond donors (Lipinski definition) is 2. The number of fused-ring (bicyclic) bond motifs is 1. The number of carbonyl (C=O) groups is 2. The van der Waals surface area contributed by atoms with Crippen LogP contribution in [0.15, 0.2) is 36.8 Å². The molecular formula is C27H34N6O4. The highest BCUT2D eigenvalue weighted by Gasteiger charge is 2.29. The van der Waals surface area contributed by atoms with Gasteiger partial charge in [0, 0.05) is 56.8 Å². The number of hydrogen-bond acceptors (Lipinski definition) is 7. The van der Waals surface area contributed by atoms with Gasteiger partial charge in [-0.3, -0.25) is 4.79 Å². The molecule has 4 heterocycles. The molecule has 2 aromatic heterocycles. The van der Waals surface area contributed by atoms with Crippen molar-refractivity contribution in [3.63, 3.8) is 0 Å². The molecule has 2 aliphatic heterocycles. The lowest BCUT2D eigenvalue weighted by molar-refractivity contribution is -0.119. The molecule has 2 amide bonds. The van der Waals surface area contributed by atoms with E-state index in [0.29, 0.717) is 44.9 Å². The molecule has 2 saturated heterocycles. The minimum Gasteiger partial charge on any atom is -0.488 e. The molecular weight excluding hydrogens is 472 g/mol. The third-order valence-electron chi connectivity index (χ3n) is 6.81. The molecule has 10 nitrogen and oxygen atoms in total. The van der Waals surface area contributed by atoms with Crippen LogP contribution in [-0.2, 0) is 9.53 Å². The zero-order valence-electron chi connectivity index (χ0n) is 21.8. The number of aromatic nitrogens is 3. The second-order valence-electron chi connectivity index (χ2n) is 10.7. The van der Waals surface area contributed by atoms with Gasteiger partial charge in [-0.05, 0) is 57.5 Å². The van der Waals surface area contributed by atoms with Gasteiger partial charge >= 0.3 is 6.09 Å². The average molecular weight is 507 g/mol. The number of nitrogens with zero attached hydrogens (tertiary/aromatic N) is 4. The van der Waals surface area contributed by atoms with Crippen molar-refractivity contribution in [1.82, 2.24) is 25.2 Å². The van der Waals surface area contributed by atoms with E-state index in [2.05, 4.69) is 20.2 Å². The summed E-state index contributed by atoms with van der Waals surface area (Å²) in [4.78, 5) is 40.3. The molecule has 5 rings (SSSR count). The first-order chi connectivity index (χ1) is 17.7. The SMILES string of the molecule is C[C@@H](Oc1cc(-c2ccc(N3CCN(C(=O)OC(C)(C)C)CC3)nc2)cc2[nH]cnc12)[C@H]1CNC(=O)C1. The number of amides is 2. The highest BCUT2D eigenvalue weighted by molar-refractivity contribution is 5.87. The Morgan fingerprint density at radius 3 is 2.54 bits per heavy atom. The van der Waals surface area contributed by atoms with Crippen LogP contribution in [0.2, 0.25) is 0 Å². The fourth-order valence-electron chi connectivity index (χ4n) is 4.72. The van der Waals surface area contributed by atoms with Gasteiger partial charge in [0.25, 0.3) is 0 Å². The first-order valence-corrected chi connectivity index (χ1v) is 12.8. The molecule has 0 spiro atoms. The summed E-state index contributed by atoms with van der Waals surface area (Å²) in [5.41, 5.74) is 3.07. The van der Waals surface area contributed by atoms with Crippen molar-refractivity contribution >= 4 is 28.9 Å². The number of ether oxygens (including phenoxy) is 2. The number of nitrogens with one attached hydrogen (secondary N) is 2. The smallest absolute Gasteiger partial charge is 0.410 e. The van der Waals surface area contributed by atoms with Gasteiger partial charge in [-0.1, -0.05) is 0 Å². The number of H-pyrrole nitrogens is 1. The van der Waals surface area contributed by atoms with Gasteiger partial charge in [0.05, 0.1) is 11.8 Å². The fourth-order valence-corrected chi connectivity index (χ4v) is 4.72. The number of piperazine rings is 1. The number of carbonyl (C=O) groups excluding carboxylic acids is 2. The lowest BCUT2D eigenvalue weighted by atomic mass is 10.0. The Kier molecular flexibility index (Phi) is 6.66.